The van der Waals surface area contributed by atoms with Gasteiger partial charge in [0.05, 0.1) is 10.0 Å². The maximum atomic E-state index is 13.6. The van der Waals surface area contributed by atoms with Crippen molar-refractivity contribution in [2.75, 3.05) is 4.90 Å². The van der Waals surface area contributed by atoms with Crippen LogP contribution in [-0.4, -0.2) is 43.0 Å². The number of piperidine rings is 1. The van der Waals surface area contributed by atoms with Crippen molar-refractivity contribution >= 4 is 45.0 Å². The molecule has 2 bridgehead atoms. The first-order valence-corrected chi connectivity index (χ1v) is 13.1. The number of aromatic nitrogens is 1. The van der Waals surface area contributed by atoms with Crippen LogP contribution in [0.4, 0.5) is 10.2 Å². The summed E-state index contributed by atoms with van der Waals surface area (Å²) in [5.41, 5.74) is -1.27. The van der Waals surface area contributed by atoms with E-state index in [1.54, 1.807) is 19.9 Å². The number of rotatable bonds is 6. The normalized spacial score (nSPS) is 22.5. The SMILES string of the molecule is CC(C)(Oc1cc(Cl)c(F)cc1Cl)C(=O)N[C@H]1C[C@H]2CC[C@@H](C1)N2c1ccc(S(N)(=O)=O)cn1. The van der Waals surface area contributed by atoms with E-state index >= 15 is 0 Å². The van der Waals surface area contributed by atoms with Gasteiger partial charge in [-0.3, -0.25) is 4.79 Å². The molecule has 1 aromatic carbocycles. The fraction of sp³-hybridized carbons (Fsp3) is 0.455. The fourth-order valence-electron chi connectivity index (χ4n) is 4.63. The molecule has 0 radical (unpaired) electrons. The van der Waals surface area contributed by atoms with Crippen LogP contribution in [-0.2, 0) is 14.8 Å². The van der Waals surface area contributed by atoms with Gasteiger partial charge in [0, 0.05) is 30.4 Å². The van der Waals surface area contributed by atoms with Crippen molar-refractivity contribution in [1.82, 2.24) is 10.3 Å². The zero-order valence-electron chi connectivity index (χ0n) is 18.6. The number of pyridine rings is 1. The number of ether oxygens (including phenoxy) is 1. The second kappa shape index (κ2) is 9.14. The molecule has 2 aliphatic heterocycles. The van der Waals surface area contributed by atoms with Gasteiger partial charge in [-0.2, -0.15) is 0 Å². The monoisotopic (exact) mass is 530 g/mol. The second-order valence-electron chi connectivity index (χ2n) is 9.14. The Morgan fingerprint density at radius 3 is 2.41 bits per heavy atom. The van der Waals surface area contributed by atoms with E-state index in [-0.39, 0.29) is 44.7 Å². The van der Waals surface area contributed by atoms with Crippen molar-refractivity contribution in [2.24, 2.45) is 5.14 Å². The second-order valence-corrected chi connectivity index (χ2v) is 11.5. The highest BCUT2D eigenvalue weighted by molar-refractivity contribution is 7.89. The molecule has 3 N–H and O–H groups in total. The number of amides is 1. The number of anilines is 1. The van der Waals surface area contributed by atoms with E-state index in [2.05, 4.69) is 15.2 Å². The number of carbonyl (C=O) groups excluding carboxylic acids is 1. The molecule has 2 aromatic rings. The van der Waals surface area contributed by atoms with Crippen molar-refractivity contribution in [1.29, 1.82) is 0 Å². The van der Waals surface area contributed by atoms with Crippen LogP contribution in [0, 0.1) is 5.82 Å². The Kier molecular flexibility index (Phi) is 6.71. The number of hydrogen-bond donors (Lipinski definition) is 2. The highest BCUT2D eigenvalue weighted by Crippen LogP contribution is 2.39. The summed E-state index contributed by atoms with van der Waals surface area (Å²) in [6.07, 6.45) is 4.57. The molecule has 0 saturated carbocycles. The molecule has 12 heteroatoms. The molecule has 0 unspecified atom stereocenters. The zero-order chi connectivity index (χ0) is 24.8. The van der Waals surface area contributed by atoms with Gasteiger partial charge in [-0.25, -0.2) is 22.9 Å². The highest BCUT2D eigenvalue weighted by Gasteiger charge is 2.43. The molecule has 0 spiro atoms. The van der Waals surface area contributed by atoms with Crippen LogP contribution in [0.1, 0.15) is 39.5 Å². The number of sulfonamides is 1. The Hall–Kier alpha value is -2.14. The summed E-state index contributed by atoms with van der Waals surface area (Å²) in [7, 11) is -3.80. The molecule has 4 rings (SSSR count). The Balaban J connectivity index is 1.42. The average Bonchev–Trinajstić information content (AvgIpc) is 3.01. The van der Waals surface area contributed by atoms with Crippen molar-refractivity contribution < 1.29 is 22.3 Å². The van der Waals surface area contributed by atoms with E-state index in [4.69, 9.17) is 33.1 Å². The van der Waals surface area contributed by atoms with Gasteiger partial charge in [-0.15, -0.1) is 0 Å². The summed E-state index contributed by atoms with van der Waals surface area (Å²) < 4.78 is 42.4. The first-order chi connectivity index (χ1) is 15.8. The van der Waals surface area contributed by atoms with E-state index in [1.165, 1.54) is 18.3 Å². The average molecular weight is 531 g/mol. The van der Waals surface area contributed by atoms with E-state index in [0.717, 1.165) is 18.9 Å². The van der Waals surface area contributed by atoms with Gasteiger partial charge in [-0.05, 0) is 57.7 Å². The van der Waals surface area contributed by atoms with Crippen molar-refractivity contribution in [3.05, 3.63) is 46.3 Å². The van der Waals surface area contributed by atoms with Gasteiger partial charge in [-0.1, -0.05) is 23.2 Å². The summed E-state index contributed by atoms with van der Waals surface area (Å²) in [4.78, 5) is 19.5. The Labute approximate surface area is 207 Å². The van der Waals surface area contributed by atoms with Gasteiger partial charge in [0.25, 0.3) is 5.91 Å². The molecular formula is C22H25Cl2FN4O4S. The van der Waals surface area contributed by atoms with Gasteiger partial charge in [0.2, 0.25) is 10.0 Å². The van der Waals surface area contributed by atoms with Crippen LogP contribution < -0.4 is 20.1 Å². The maximum absolute atomic E-state index is 13.6. The number of benzene rings is 1. The molecule has 2 aliphatic rings. The number of fused-ring (bicyclic) bond motifs is 2. The maximum Gasteiger partial charge on any atom is 0.263 e. The Bertz CT molecular complexity index is 1200. The smallest absolute Gasteiger partial charge is 0.263 e. The van der Waals surface area contributed by atoms with E-state index in [1.807, 2.05) is 0 Å². The molecule has 0 aliphatic carbocycles. The lowest BCUT2D eigenvalue weighted by molar-refractivity contribution is -0.135. The Morgan fingerprint density at radius 1 is 1.21 bits per heavy atom. The third kappa shape index (κ3) is 5.10. The van der Waals surface area contributed by atoms with Crippen molar-refractivity contribution in [3.63, 3.8) is 0 Å². The predicted octanol–water partition coefficient (Wildman–Crippen LogP) is 3.65. The first-order valence-electron chi connectivity index (χ1n) is 10.8. The lowest BCUT2D eigenvalue weighted by Crippen LogP contribution is -2.55. The standard InChI is InChI=1S/C22H25Cl2FN4O4S/c1-22(2,33-19-10-16(23)18(25)9-17(19)24)21(30)28-12-7-13-3-4-14(8-12)29(13)20-6-5-15(11-27-20)34(26,31)32/h5-6,9-14H,3-4,7-8H2,1-2H3,(H,28,30)(H2,26,31,32)/t12-,13+,14-. The lowest BCUT2D eigenvalue weighted by atomic mass is 9.96. The van der Waals surface area contributed by atoms with Crippen LogP contribution in [0.3, 0.4) is 0 Å². The van der Waals surface area contributed by atoms with Gasteiger partial charge in [0.1, 0.15) is 22.3 Å². The third-order valence-corrected chi connectivity index (χ3v) is 7.75. The van der Waals surface area contributed by atoms with Gasteiger partial charge in [0.15, 0.2) is 5.60 Å². The summed E-state index contributed by atoms with van der Waals surface area (Å²) in [6.45, 7) is 3.22. The summed E-state index contributed by atoms with van der Waals surface area (Å²) in [5.74, 6) is -0.178. The van der Waals surface area contributed by atoms with Crippen molar-refractivity contribution in [3.8, 4) is 5.75 Å². The number of primary sulfonamides is 1. The van der Waals surface area contributed by atoms with Crippen LogP contribution >= 0.6 is 23.2 Å². The number of nitrogens with zero attached hydrogens (tertiary/aromatic N) is 2. The number of nitrogens with one attached hydrogen (secondary N) is 1. The zero-order valence-corrected chi connectivity index (χ0v) is 20.9. The summed E-state index contributed by atoms with van der Waals surface area (Å²) in [6, 6.07) is 5.67. The number of carbonyl (C=O) groups is 1. The highest BCUT2D eigenvalue weighted by atomic mass is 35.5. The first kappa shape index (κ1) is 25.0. The van der Waals surface area contributed by atoms with E-state index in [9.17, 15) is 17.6 Å². The minimum absolute atomic E-state index is 0.0232. The summed E-state index contributed by atoms with van der Waals surface area (Å²) >= 11 is 11.9. The Morgan fingerprint density at radius 2 is 1.85 bits per heavy atom. The topological polar surface area (TPSA) is 115 Å². The van der Waals surface area contributed by atoms with Gasteiger partial charge < -0.3 is 15.0 Å². The van der Waals surface area contributed by atoms with Crippen LogP contribution in [0.2, 0.25) is 10.0 Å². The molecule has 1 amide bonds. The summed E-state index contributed by atoms with van der Waals surface area (Å²) in [5, 5.41) is 8.11. The minimum atomic E-state index is -3.80. The molecule has 2 fully saturated rings. The van der Waals surface area contributed by atoms with Crippen LogP contribution in [0.15, 0.2) is 35.4 Å². The number of hydrogen-bond acceptors (Lipinski definition) is 6. The molecule has 3 atom stereocenters. The third-order valence-electron chi connectivity index (χ3n) is 6.27. The molecule has 184 valence electrons. The fourth-order valence-corrected chi connectivity index (χ4v) is 5.43. The molecule has 8 nitrogen and oxygen atoms in total. The van der Waals surface area contributed by atoms with Crippen LogP contribution in [0.5, 0.6) is 5.75 Å². The van der Waals surface area contributed by atoms with E-state index < -0.39 is 21.4 Å². The molecule has 34 heavy (non-hydrogen) atoms. The molecule has 2 saturated heterocycles. The molecule has 3 heterocycles. The minimum Gasteiger partial charge on any atom is -0.476 e. The van der Waals surface area contributed by atoms with E-state index in [0.29, 0.717) is 18.7 Å². The molecular weight excluding hydrogens is 506 g/mol. The van der Waals surface area contributed by atoms with Crippen LogP contribution in [0.25, 0.3) is 0 Å². The van der Waals surface area contributed by atoms with Crippen molar-refractivity contribution in [2.45, 2.75) is 68.2 Å². The quantitative estimate of drug-likeness (QED) is 0.550. The predicted molar refractivity (Wildman–Crippen MR) is 127 cm³/mol. The number of nitrogens with two attached hydrogens (primary N) is 1. The largest absolute Gasteiger partial charge is 0.476 e. The molecule has 1 aromatic heterocycles. The lowest BCUT2D eigenvalue weighted by Gasteiger charge is -2.40. The van der Waals surface area contributed by atoms with Gasteiger partial charge >= 0.3 is 0 Å². The number of halogens is 3.